The summed E-state index contributed by atoms with van der Waals surface area (Å²) in [6.45, 7) is 4.68. The highest BCUT2D eigenvalue weighted by molar-refractivity contribution is 6.12. The number of aromatic nitrogens is 2. The van der Waals surface area contributed by atoms with Gasteiger partial charge in [0, 0.05) is 28.6 Å². The Morgan fingerprint density at radius 2 is 1.54 bits per heavy atom. The van der Waals surface area contributed by atoms with E-state index < -0.39 is 0 Å². The van der Waals surface area contributed by atoms with Gasteiger partial charge in [-0.2, -0.15) is 0 Å². The van der Waals surface area contributed by atoms with E-state index in [4.69, 9.17) is 0 Å². The summed E-state index contributed by atoms with van der Waals surface area (Å²) >= 11 is 0. The fourth-order valence-electron chi connectivity index (χ4n) is 4.86. The van der Waals surface area contributed by atoms with Gasteiger partial charge in [0.05, 0.1) is 16.7 Å². The lowest BCUT2D eigenvalue weighted by molar-refractivity contribution is 0.630. The van der Waals surface area contributed by atoms with Crippen molar-refractivity contribution in [3.63, 3.8) is 0 Å². The van der Waals surface area contributed by atoms with Gasteiger partial charge in [-0.3, -0.25) is 4.98 Å². The Labute approximate surface area is 164 Å². The second kappa shape index (κ2) is 5.32. The van der Waals surface area contributed by atoms with E-state index in [1.165, 1.54) is 49.7 Å². The third-order valence-corrected chi connectivity index (χ3v) is 6.26. The van der Waals surface area contributed by atoms with Crippen LogP contribution >= 0.6 is 0 Å². The van der Waals surface area contributed by atoms with Gasteiger partial charge in [0.1, 0.15) is 0 Å². The SMILES string of the molecule is CC1(C)c2ccccc2-n2c3ccncc3c3cc(-c4ccccc4)cc1c32. The highest BCUT2D eigenvalue weighted by atomic mass is 15.0. The largest absolute Gasteiger partial charge is 0.309 e. The molecule has 0 bridgehead atoms. The number of para-hydroxylation sites is 1. The summed E-state index contributed by atoms with van der Waals surface area (Å²) in [6, 6.07) is 26.3. The molecule has 28 heavy (non-hydrogen) atoms. The van der Waals surface area contributed by atoms with Crippen LogP contribution in [0.3, 0.4) is 0 Å². The van der Waals surface area contributed by atoms with Crippen LogP contribution in [0.5, 0.6) is 0 Å². The van der Waals surface area contributed by atoms with Gasteiger partial charge in [-0.25, -0.2) is 0 Å². The molecule has 0 saturated heterocycles. The van der Waals surface area contributed by atoms with Gasteiger partial charge in [-0.05, 0) is 46.5 Å². The predicted molar refractivity (Wildman–Crippen MR) is 116 cm³/mol. The Balaban J connectivity index is 1.86. The van der Waals surface area contributed by atoms with Gasteiger partial charge < -0.3 is 4.57 Å². The van der Waals surface area contributed by atoms with Crippen molar-refractivity contribution in [2.24, 2.45) is 0 Å². The van der Waals surface area contributed by atoms with Crippen molar-refractivity contribution < 1.29 is 0 Å². The summed E-state index contributed by atoms with van der Waals surface area (Å²) in [6.07, 6.45) is 3.90. The zero-order chi connectivity index (χ0) is 18.9. The fraction of sp³-hybridized carbons (Fsp3) is 0.115. The molecule has 2 aromatic heterocycles. The van der Waals surface area contributed by atoms with Crippen LogP contribution in [-0.4, -0.2) is 9.55 Å². The van der Waals surface area contributed by atoms with Crippen LogP contribution in [0.25, 0.3) is 38.6 Å². The lowest BCUT2D eigenvalue weighted by Crippen LogP contribution is -2.26. The van der Waals surface area contributed by atoms with Crippen molar-refractivity contribution in [3.8, 4) is 16.8 Å². The molecule has 3 heterocycles. The van der Waals surface area contributed by atoms with Crippen LogP contribution in [0.15, 0.2) is 85.2 Å². The molecule has 1 aliphatic heterocycles. The van der Waals surface area contributed by atoms with Crippen LogP contribution in [0.1, 0.15) is 25.0 Å². The highest BCUT2D eigenvalue weighted by Crippen LogP contribution is 2.48. The van der Waals surface area contributed by atoms with Crippen molar-refractivity contribution in [2.75, 3.05) is 0 Å². The van der Waals surface area contributed by atoms with Crippen LogP contribution < -0.4 is 0 Å². The summed E-state index contributed by atoms with van der Waals surface area (Å²) in [4.78, 5) is 4.44. The third kappa shape index (κ3) is 1.90. The molecule has 6 rings (SSSR count). The minimum Gasteiger partial charge on any atom is -0.309 e. The topological polar surface area (TPSA) is 17.8 Å². The van der Waals surface area contributed by atoms with Crippen molar-refractivity contribution in [3.05, 3.63) is 96.3 Å². The molecule has 0 atom stereocenters. The van der Waals surface area contributed by atoms with Crippen LogP contribution in [0, 0.1) is 0 Å². The smallest absolute Gasteiger partial charge is 0.0583 e. The highest BCUT2D eigenvalue weighted by Gasteiger charge is 2.35. The standard InChI is InChI=1S/C26H20N2/c1-26(2)21-10-6-7-11-24(21)28-23-12-13-27-16-20(23)19-14-18(15-22(26)25(19)28)17-8-4-3-5-9-17/h3-16H,1-2H3. The maximum atomic E-state index is 4.44. The zero-order valence-corrected chi connectivity index (χ0v) is 16.0. The zero-order valence-electron chi connectivity index (χ0n) is 16.0. The molecule has 3 aromatic carbocycles. The van der Waals surface area contributed by atoms with Gasteiger partial charge in [0.2, 0.25) is 0 Å². The first kappa shape index (κ1) is 15.6. The van der Waals surface area contributed by atoms with E-state index in [0.717, 1.165) is 0 Å². The Hall–Kier alpha value is -3.39. The van der Waals surface area contributed by atoms with Crippen LogP contribution in [0.2, 0.25) is 0 Å². The lowest BCUT2D eigenvalue weighted by atomic mass is 9.74. The van der Waals surface area contributed by atoms with E-state index in [0.29, 0.717) is 0 Å². The Morgan fingerprint density at radius 1 is 0.750 bits per heavy atom. The van der Waals surface area contributed by atoms with E-state index in [9.17, 15) is 0 Å². The van der Waals surface area contributed by atoms with E-state index in [2.05, 4.69) is 96.2 Å². The number of pyridine rings is 1. The van der Waals surface area contributed by atoms with Crippen LogP contribution in [-0.2, 0) is 5.41 Å². The number of hydrogen-bond acceptors (Lipinski definition) is 1. The molecule has 134 valence electrons. The van der Waals surface area contributed by atoms with Crippen molar-refractivity contribution in [2.45, 2.75) is 19.3 Å². The normalized spacial score (nSPS) is 14.4. The molecular formula is C26H20N2. The predicted octanol–water partition coefficient (Wildman–Crippen LogP) is 6.49. The Morgan fingerprint density at radius 3 is 2.39 bits per heavy atom. The molecule has 0 radical (unpaired) electrons. The molecule has 0 saturated carbocycles. The molecule has 0 N–H and O–H groups in total. The molecular weight excluding hydrogens is 340 g/mol. The maximum Gasteiger partial charge on any atom is 0.0583 e. The second-order valence-electron chi connectivity index (χ2n) is 8.16. The minimum atomic E-state index is -0.0720. The summed E-state index contributed by atoms with van der Waals surface area (Å²) < 4.78 is 2.43. The van der Waals surface area contributed by atoms with Gasteiger partial charge in [-0.1, -0.05) is 62.4 Å². The number of fused-ring (bicyclic) bond motifs is 5. The first-order valence-electron chi connectivity index (χ1n) is 9.74. The monoisotopic (exact) mass is 360 g/mol. The van der Waals surface area contributed by atoms with Gasteiger partial charge in [0.15, 0.2) is 0 Å². The summed E-state index contributed by atoms with van der Waals surface area (Å²) in [5.74, 6) is 0. The number of rotatable bonds is 1. The average molecular weight is 360 g/mol. The average Bonchev–Trinajstić information content (AvgIpc) is 3.07. The quantitative estimate of drug-likeness (QED) is 0.334. The molecule has 0 spiro atoms. The first-order valence-corrected chi connectivity index (χ1v) is 9.74. The Bertz CT molecular complexity index is 1370. The minimum absolute atomic E-state index is 0.0720. The molecule has 2 heteroatoms. The van der Waals surface area contributed by atoms with Gasteiger partial charge in [-0.15, -0.1) is 0 Å². The molecule has 0 amide bonds. The molecule has 2 nitrogen and oxygen atoms in total. The maximum absolute atomic E-state index is 4.44. The lowest BCUT2D eigenvalue weighted by Gasteiger charge is -2.35. The molecule has 0 unspecified atom stereocenters. The fourth-order valence-corrected chi connectivity index (χ4v) is 4.86. The van der Waals surface area contributed by atoms with Gasteiger partial charge >= 0.3 is 0 Å². The number of hydrogen-bond donors (Lipinski definition) is 0. The van der Waals surface area contributed by atoms with E-state index in [1.54, 1.807) is 0 Å². The molecule has 0 fully saturated rings. The molecule has 1 aliphatic rings. The van der Waals surface area contributed by atoms with Crippen LogP contribution in [0.4, 0.5) is 0 Å². The third-order valence-electron chi connectivity index (χ3n) is 6.26. The number of benzene rings is 3. The molecule has 5 aromatic rings. The summed E-state index contributed by atoms with van der Waals surface area (Å²) in [5, 5.41) is 2.49. The molecule has 0 aliphatic carbocycles. The van der Waals surface area contributed by atoms with E-state index in [-0.39, 0.29) is 5.41 Å². The van der Waals surface area contributed by atoms with Crippen molar-refractivity contribution in [1.82, 2.24) is 9.55 Å². The van der Waals surface area contributed by atoms with E-state index in [1.807, 2.05) is 12.4 Å². The summed E-state index contributed by atoms with van der Waals surface area (Å²) in [5.41, 5.74) is 8.99. The van der Waals surface area contributed by atoms with E-state index >= 15 is 0 Å². The Kier molecular flexibility index (Phi) is 2.98. The first-order chi connectivity index (χ1) is 13.7. The second-order valence-corrected chi connectivity index (χ2v) is 8.16. The van der Waals surface area contributed by atoms with Crippen molar-refractivity contribution >= 4 is 21.8 Å². The van der Waals surface area contributed by atoms with Crippen molar-refractivity contribution in [1.29, 1.82) is 0 Å². The summed E-state index contributed by atoms with van der Waals surface area (Å²) in [7, 11) is 0. The van der Waals surface area contributed by atoms with Gasteiger partial charge in [0.25, 0.3) is 0 Å². The number of nitrogens with zero attached hydrogens (tertiary/aromatic N) is 2.